The predicted molar refractivity (Wildman–Crippen MR) is 202 cm³/mol. The van der Waals surface area contributed by atoms with E-state index in [0.29, 0.717) is 81.6 Å². The van der Waals surface area contributed by atoms with E-state index < -0.39 is 12.2 Å². The second-order valence-corrected chi connectivity index (χ2v) is 15.4. The van der Waals surface area contributed by atoms with Crippen molar-refractivity contribution in [2.45, 2.75) is 83.8 Å². The molecule has 4 aliphatic rings. The number of anilines is 1. The number of carbonyl (C=O) groups is 4. The van der Waals surface area contributed by atoms with E-state index in [4.69, 9.17) is 21.1 Å². The molecule has 53 heavy (non-hydrogen) atoms. The van der Waals surface area contributed by atoms with Crippen LogP contribution in [-0.2, 0) is 31.9 Å². The molecule has 288 valence electrons. The summed E-state index contributed by atoms with van der Waals surface area (Å²) in [6, 6.07) is 11.1. The van der Waals surface area contributed by atoms with Gasteiger partial charge in [-0.3, -0.25) is 9.59 Å². The Hall–Kier alpha value is -4.03. The summed E-state index contributed by atoms with van der Waals surface area (Å²) in [5, 5.41) is 13.5. The van der Waals surface area contributed by atoms with Gasteiger partial charge in [-0.25, -0.2) is 9.59 Å². The zero-order chi connectivity index (χ0) is 37.5. The second kappa shape index (κ2) is 17.9. The van der Waals surface area contributed by atoms with Gasteiger partial charge in [0.25, 0.3) is 5.91 Å². The van der Waals surface area contributed by atoms with Crippen LogP contribution in [0, 0.1) is 18.8 Å². The first kappa shape index (κ1) is 38.7. The number of likely N-dealkylation sites (tertiary alicyclic amines) is 3. The van der Waals surface area contributed by atoms with Gasteiger partial charge in [-0.2, -0.15) is 0 Å². The Balaban J connectivity index is 1.03. The van der Waals surface area contributed by atoms with Crippen LogP contribution in [0.1, 0.15) is 68.6 Å². The number of aryl methyl sites for hydroxylation is 1. The van der Waals surface area contributed by atoms with Gasteiger partial charge in [0.15, 0.2) is 6.10 Å². The van der Waals surface area contributed by atoms with Gasteiger partial charge in [0.1, 0.15) is 5.75 Å². The Morgan fingerprint density at radius 1 is 0.925 bits per heavy atom. The van der Waals surface area contributed by atoms with Gasteiger partial charge < -0.3 is 39.5 Å². The topological polar surface area (TPSA) is 132 Å². The lowest BCUT2D eigenvalue weighted by Crippen LogP contribution is -2.52. The lowest BCUT2D eigenvalue weighted by Gasteiger charge is -2.41. The maximum atomic E-state index is 14.1. The van der Waals surface area contributed by atoms with Crippen molar-refractivity contribution < 1.29 is 33.8 Å². The first-order chi connectivity index (χ1) is 25.6. The number of amides is 4. The van der Waals surface area contributed by atoms with Gasteiger partial charge in [0.05, 0.1) is 18.1 Å². The molecule has 4 aliphatic heterocycles. The minimum absolute atomic E-state index is 0.00738. The number of para-hydroxylation sites is 1. The van der Waals surface area contributed by atoms with Crippen molar-refractivity contribution in [3.05, 3.63) is 58.1 Å². The molecule has 1 atom stereocenters. The van der Waals surface area contributed by atoms with Crippen molar-refractivity contribution in [2.75, 3.05) is 64.3 Å². The number of nitrogens with zero attached hydrogens (tertiary/aromatic N) is 4. The van der Waals surface area contributed by atoms with Crippen LogP contribution >= 0.6 is 11.6 Å². The molecule has 12 nitrogen and oxygen atoms in total. The standard InChI is InChI=1S/C40H54ClN5O7/c1-3-52-36(47)15-18-43-16-8-29(9-17-43)30-10-19-44(20-11-30)38(49)35(26-28-24-27(2)37(48)33(41)25-28)53-40(51)45-21-13-32(14-22-45)46-23-12-31-6-4-5-7-34(31)42-39(46)50/h4-7,24-25,29-30,32,35,48H,3,8-23,26H2,1-2H3,(H,42,50)/t35-/m1/s1. The molecule has 0 spiro atoms. The average molecular weight is 752 g/mol. The van der Waals surface area contributed by atoms with Crippen molar-refractivity contribution in [1.29, 1.82) is 0 Å². The van der Waals surface area contributed by atoms with E-state index in [1.807, 2.05) is 41.0 Å². The number of nitrogens with one attached hydrogen (secondary N) is 1. The maximum absolute atomic E-state index is 14.1. The number of aromatic hydroxyl groups is 1. The Morgan fingerprint density at radius 2 is 1.58 bits per heavy atom. The molecular weight excluding hydrogens is 698 g/mol. The van der Waals surface area contributed by atoms with Crippen LogP contribution in [-0.4, -0.2) is 120 Å². The van der Waals surface area contributed by atoms with Crippen molar-refractivity contribution in [2.24, 2.45) is 11.8 Å². The average Bonchev–Trinajstić information content (AvgIpc) is 3.34. The van der Waals surface area contributed by atoms with E-state index in [1.165, 1.54) is 0 Å². The molecule has 0 radical (unpaired) electrons. The summed E-state index contributed by atoms with van der Waals surface area (Å²) in [6.07, 6.45) is 4.91. The minimum Gasteiger partial charge on any atom is -0.506 e. The summed E-state index contributed by atoms with van der Waals surface area (Å²) < 4.78 is 11.1. The van der Waals surface area contributed by atoms with E-state index in [1.54, 1.807) is 24.0 Å². The molecule has 2 aromatic carbocycles. The molecule has 3 fully saturated rings. The highest BCUT2D eigenvalue weighted by Crippen LogP contribution is 2.34. The highest BCUT2D eigenvalue weighted by molar-refractivity contribution is 6.32. The van der Waals surface area contributed by atoms with Gasteiger partial charge in [0, 0.05) is 57.4 Å². The molecule has 0 unspecified atom stereocenters. The van der Waals surface area contributed by atoms with Crippen LogP contribution in [0.15, 0.2) is 36.4 Å². The second-order valence-electron chi connectivity index (χ2n) is 15.0. The number of piperidine rings is 3. The summed E-state index contributed by atoms with van der Waals surface area (Å²) in [4.78, 5) is 60.4. The molecule has 3 saturated heterocycles. The first-order valence-electron chi connectivity index (χ1n) is 19.4. The first-order valence-corrected chi connectivity index (χ1v) is 19.7. The van der Waals surface area contributed by atoms with Crippen molar-refractivity contribution in [3.63, 3.8) is 0 Å². The quantitative estimate of drug-likeness (QED) is 0.289. The van der Waals surface area contributed by atoms with Crippen molar-refractivity contribution >= 4 is 41.3 Å². The van der Waals surface area contributed by atoms with E-state index >= 15 is 0 Å². The molecular formula is C40H54ClN5O7. The molecule has 2 aromatic rings. The third kappa shape index (κ3) is 9.75. The summed E-state index contributed by atoms with van der Waals surface area (Å²) >= 11 is 6.31. The number of halogens is 1. The smallest absolute Gasteiger partial charge is 0.410 e. The molecule has 6 rings (SSSR count). The number of esters is 1. The normalized spacial score (nSPS) is 20.0. The molecule has 4 heterocycles. The van der Waals surface area contributed by atoms with E-state index in [0.717, 1.165) is 63.0 Å². The number of urea groups is 1. The largest absolute Gasteiger partial charge is 0.506 e. The fourth-order valence-corrected chi connectivity index (χ4v) is 8.83. The van der Waals surface area contributed by atoms with Crippen LogP contribution in [0.25, 0.3) is 0 Å². The number of hydrogen-bond donors (Lipinski definition) is 2. The number of phenols is 1. The molecule has 13 heteroatoms. The van der Waals surface area contributed by atoms with Crippen molar-refractivity contribution in [1.82, 2.24) is 19.6 Å². The van der Waals surface area contributed by atoms with E-state index in [9.17, 15) is 24.3 Å². The van der Waals surface area contributed by atoms with Gasteiger partial charge in [-0.15, -0.1) is 0 Å². The zero-order valence-corrected chi connectivity index (χ0v) is 31.8. The SMILES string of the molecule is CCOC(=O)CCN1CCC(C2CCN(C(=O)[C@@H](Cc3cc(C)c(O)c(Cl)c3)OC(=O)N3CCC(N4CCc5ccccc5NC4=O)CC3)CC2)CC1. The molecule has 0 saturated carbocycles. The van der Waals surface area contributed by atoms with E-state index in [-0.39, 0.29) is 41.1 Å². The van der Waals surface area contributed by atoms with Crippen molar-refractivity contribution in [3.8, 4) is 5.75 Å². The van der Waals surface area contributed by atoms with Crippen LogP contribution in [0.3, 0.4) is 0 Å². The fraction of sp³-hybridized carbons (Fsp3) is 0.600. The summed E-state index contributed by atoms with van der Waals surface area (Å²) in [5.41, 5.74) is 3.24. The number of phenolic OH excluding ortho intramolecular Hbond substituents is 1. The minimum atomic E-state index is -1.05. The molecule has 2 N–H and O–H groups in total. The monoisotopic (exact) mass is 751 g/mol. The lowest BCUT2D eigenvalue weighted by atomic mass is 9.78. The number of rotatable bonds is 10. The van der Waals surface area contributed by atoms with Crippen LogP contribution < -0.4 is 5.32 Å². The molecule has 0 aliphatic carbocycles. The Bertz CT molecular complexity index is 1590. The Kier molecular flexibility index (Phi) is 13.0. The summed E-state index contributed by atoms with van der Waals surface area (Å²) in [7, 11) is 0. The third-order valence-electron chi connectivity index (χ3n) is 11.6. The number of hydrogen-bond acceptors (Lipinski definition) is 8. The summed E-state index contributed by atoms with van der Waals surface area (Å²) in [6.45, 7) is 9.28. The summed E-state index contributed by atoms with van der Waals surface area (Å²) in [5.74, 6) is 0.734. The van der Waals surface area contributed by atoms with E-state index in [2.05, 4.69) is 10.2 Å². The maximum Gasteiger partial charge on any atom is 0.410 e. The highest BCUT2D eigenvalue weighted by atomic mass is 35.5. The number of ether oxygens (including phenoxy) is 2. The van der Waals surface area contributed by atoms with Crippen LogP contribution in [0.5, 0.6) is 5.75 Å². The number of carbonyl (C=O) groups excluding carboxylic acids is 4. The Labute approximate surface area is 317 Å². The number of benzene rings is 2. The lowest BCUT2D eigenvalue weighted by molar-refractivity contribution is -0.144. The number of fused-ring (bicyclic) bond motifs is 1. The van der Waals surface area contributed by atoms with Crippen LogP contribution in [0.2, 0.25) is 5.02 Å². The zero-order valence-electron chi connectivity index (χ0n) is 31.1. The van der Waals surface area contributed by atoms with Gasteiger partial charge in [-0.05, 0) is 113 Å². The fourth-order valence-electron chi connectivity index (χ4n) is 8.54. The van der Waals surface area contributed by atoms with Gasteiger partial charge in [-0.1, -0.05) is 35.9 Å². The molecule has 0 aromatic heterocycles. The van der Waals surface area contributed by atoms with Gasteiger partial charge >= 0.3 is 18.1 Å². The molecule has 0 bridgehead atoms. The predicted octanol–water partition coefficient (Wildman–Crippen LogP) is 5.86. The van der Waals surface area contributed by atoms with Crippen LogP contribution in [0.4, 0.5) is 15.3 Å². The third-order valence-corrected chi connectivity index (χ3v) is 11.9. The molecule has 4 amide bonds. The van der Waals surface area contributed by atoms with Gasteiger partial charge in [0.2, 0.25) is 0 Å². The highest BCUT2D eigenvalue weighted by Gasteiger charge is 2.37. The Morgan fingerprint density at radius 3 is 2.26 bits per heavy atom.